The van der Waals surface area contributed by atoms with E-state index in [2.05, 4.69) is 15.5 Å². The van der Waals surface area contributed by atoms with Crippen molar-refractivity contribution in [2.45, 2.75) is 31.6 Å². The van der Waals surface area contributed by atoms with Crippen LogP contribution in [0.15, 0.2) is 6.20 Å². The third kappa shape index (κ3) is 2.94. The number of rotatable bonds is 2. The van der Waals surface area contributed by atoms with Gasteiger partial charge < -0.3 is 5.32 Å². The summed E-state index contributed by atoms with van der Waals surface area (Å²) in [4.78, 5) is 12.3. The molecule has 2 aromatic rings. The predicted molar refractivity (Wildman–Crippen MR) is 100 cm³/mol. The second-order valence-corrected chi connectivity index (χ2v) is 10.3. The Bertz CT molecular complexity index is 992. The van der Waals surface area contributed by atoms with Crippen LogP contribution in [0, 0.1) is 13.8 Å². The van der Waals surface area contributed by atoms with E-state index in [1.54, 1.807) is 21.1 Å². The number of nitrogens with one attached hydrogen (secondary N) is 1. The van der Waals surface area contributed by atoms with Crippen LogP contribution in [0.1, 0.15) is 40.2 Å². The van der Waals surface area contributed by atoms with Gasteiger partial charge in [0.1, 0.15) is 5.82 Å². The monoisotopic (exact) mass is 395 g/mol. The highest BCUT2D eigenvalue weighted by atomic mass is 32.2. The summed E-state index contributed by atoms with van der Waals surface area (Å²) in [5.41, 5.74) is 3.73. The average Bonchev–Trinajstić information content (AvgIpc) is 3.13. The molecule has 4 rings (SSSR count). The largest absolute Gasteiger partial charge is 0.310 e. The van der Waals surface area contributed by atoms with E-state index in [-0.39, 0.29) is 28.7 Å². The minimum Gasteiger partial charge on any atom is -0.310 e. The Balaban J connectivity index is 1.84. The first-order chi connectivity index (χ1) is 12.2. The number of fused-ring (bicyclic) bond motifs is 1. The summed E-state index contributed by atoms with van der Waals surface area (Å²) in [7, 11) is -1.17. The standard InChI is InChI=1S/C16H21N5O3S2/c1-9-12(6-20(3)18-9)15-14-10(2)19-21(11-4-5-26(23,24)8-11)16(14)17-13(22)7-25-15/h6,11,15H,4-5,7-8H2,1-3H3,(H,17,22)/t11-,15+/m0/s1. The molecule has 1 amide bonds. The summed E-state index contributed by atoms with van der Waals surface area (Å²) < 4.78 is 27.3. The molecule has 1 saturated heterocycles. The second-order valence-electron chi connectivity index (χ2n) is 6.93. The molecule has 0 aliphatic carbocycles. The fourth-order valence-electron chi connectivity index (χ4n) is 3.76. The first kappa shape index (κ1) is 17.6. The summed E-state index contributed by atoms with van der Waals surface area (Å²) in [6, 6.07) is -0.235. The zero-order chi connectivity index (χ0) is 18.6. The summed E-state index contributed by atoms with van der Waals surface area (Å²) in [5, 5.41) is 12.0. The molecule has 0 saturated carbocycles. The van der Waals surface area contributed by atoms with Gasteiger partial charge in [0.05, 0.1) is 39.9 Å². The lowest BCUT2D eigenvalue weighted by Crippen LogP contribution is -2.20. The van der Waals surface area contributed by atoms with Gasteiger partial charge in [0.15, 0.2) is 9.84 Å². The van der Waals surface area contributed by atoms with Crippen LogP contribution in [0.2, 0.25) is 0 Å². The first-order valence-corrected chi connectivity index (χ1v) is 11.3. The van der Waals surface area contributed by atoms with Crippen molar-refractivity contribution in [3.8, 4) is 0 Å². The Labute approximate surface area is 156 Å². The van der Waals surface area contributed by atoms with E-state index >= 15 is 0 Å². The minimum atomic E-state index is -3.04. The topological polar surface area (TPSA) is 98.9 Å². The molecule has 0 unspecified atom stereocenters. The van der Waals surface area contributed by atoms with Gasteiger partial charge in [-0.3, -0.25) is 9.48 Å². The molecule has 10 heteroatoms. The summed E-state index contributed by atoms with van der Waals surface area (Å²) in [6.45, 7) is 3.87. The van der Waals surface area contributed by atoms with Crippen LogP contribution < -0.4 is 5.32 Å². The molecule has 0 radical (unpaired) electrons. The predicted octanol–water partition coefficient (Wildman–Crippen LogP) is 1.37. The molecular weight excluding hydrogens is 374 g/mol. The maximum atomic E-state index is 12.3. The van der Waals surface area contributed by atoms with E-state index in [4.69, 9.17) is 0 Å². The second kappa shape index (κ2) is 6.12. The Morgan fingerprint density at radius 1 is 1.27 bits per heavy atom. The van der Waals surface area contributed by atoms with Crippen LogP contribution in [-0.4, -0.2) is 51.1 Å². The molecule has 26 heavy (non-hydrogen) atoms. The van der Waals surface area contributed by atoms with Crippen LogP contribution in [0.5, 0.6) is 0 Å². The summed E-state index contributed by atoms with van der Waals surface area (Å²) in [5.74, 6) is 1.10. The lowest BCUT2D eigenvalue weighted by molar-refractivity contribution is -0.113. The van der Waals surface area contributed by atoms with Gasteiger partial charge >= 0.3 is 0 Å². The van der Waals surface area contributed by atoms with Gasteiger partial charge in [-0.2, -0.15) is 10.2 Å². The fourth-order valence-corrected chi connectivity index (χ4v) is 6.70. The number of anilines is 1. The molecule has 2 aliphatic heterocycles. The lowest BCUT2D eigenvalue weighted by Gasteiger charge is -2.16. The van der Waals surface area contributed by atoms with E-state index in [0.29, 0.717) is 18.0 Å². The van der Waals surface area contributed by atoms with Gasteiger partial charge in [-0.25, -0.2) is 13.1 Å². The van der Waals surface area contributed by atoms with Crippen molar-refractivity contribution in [2.75, 3.05) is 22.6 Å². The van der Waals surface area contributed by atoms with Crippen molar-refractivity contribution in [3.63, 3.8) is 0 Å². The Morgan fingerprint density at radius 2 is 2.04 bits per heavy atom. The normalized spacial score (nSPS) is 25.0. The maximum absolute atomic E-state index is 12.3. The molecule has 2 aromatic heterocycles. The van der Waals surface area contributed by atoms with Crippen LogP contribution in [0.4, 0.5) is 5.82 Å². The number of aromatic nitrogens is 4. The van der Waals surface area contributed by atoms with E-state index in [9.17, 15) is 13.2 Å². The first-order valence-electron chi connectivity index (χ1n) is 8.46. The SMILES string of the molecule is Cc1nn(C)cc1[C@H]1SCC(=O)Nc2c1c(C)nn2[C@H]1CCS(=O)(=O)C1. The molecule has 140 valence electrons. The Morgan fingerprint density at radius 3 is 2.65 bits per heavy atom. The van der Waals surface area contributed by atoms with Gasteiger partial charge in [-0.15, -0.1) is 11.8 Å². The summed E-state index contributed by atoms with van der Waals surface area (Å²) >= 11 is 1.55. The molecule has 0 spiro atoms. The fraction of sp³-hybridized carbons (Fsp3) is 0.562. The van der Waals surface area contributed by atoms with E-state index in [1.807, 2.05) is 27.1 Å². The number of aryl methyl sites for hydroxylation is 3. The number of carbonyl (C=O) groups is 1. The third-order valence-corrected chi connectivity index (χ3v) is 7.92. The van der Waals surface area contributed by atoms with Crippen LogP contribution >= 0.6 is 11.8 Å². The molecule has 2 atom stereocenters. The average molecular weight is 396 g/mol. The number of hydrogen-bond donors (Lipinski definition) is 1. The van der Waals surface area contributed by atoms with Crippen LogP contribution in [0.3, 0.4) is 0 Å². The van der Waals surface area contributed by atoms with Gasteiger partial charge in [0.2, 0.25) is 5.91 Å². The van der Waals surface area contributed by atoms with Crippen LogP contribution in [-0.2, 0) is 21.7 Å². The van der Waals surface area contributed by atoms with Gasteiger partial charge in [-0.1, -0.05) is 0 Å². The number of sulfone groups is 1. The molecule has 4 heterocycles. The van der Waals surface area contributed by atoms with Crippen molar-refractivity contribution in [3.05, 3.63) is 28.7 Å². The van der Waals surface area contributed by atoms with Gasteiger partial charge in [-0.05, 0) is 20.3 Å². The zero-order valence-corrected chi connectivity index (χ0v) is 16.5. The van der Waals surface area contributed by atoms with Crippen molar-refractivity contribution in [2.24, 2.45) is 7.05 Å². The van der Waals surface area contributed by atoms with Crippen LogP contribution in [0.25, 0.3) is 0 Å². The van der Waals surface area contributed by atoms with E-state index in [0.717, 1.165) is 22.5 Å². The number of thioether (sulfide) groups is 1. The molecule has 0 aromatic carbocycles. The minimum absolute atomic E-state index is 0.0654. The molecule has 1 fully saturated rings. The highest BCUT2D eigenvalue weighted by Gasteiger charge is 2.36. The highest BCUT2D eigenvalue weighted by molar-refractivity contribution is 8.00. The highest BCUT2D eigenvalue weighted by Crippen LogP contribution is 2.45. The van der Waals surface area contributed by atoms with Gasteiger partial charge in [0.25, 0.3) is 0 Å². The van der Waals surface area contributed by atoms with Crippen molar-refractivity contribution in [1.29, 1.82) is 0 Å². The smallest absolute Gasteiger partial charge is 0.235 e. The molecular formula is C16H21N5O3S2. The molecule has 0 bridgehead atoms. The molecule has 2 aliphatic rings. The third-order valence-electron chi connectivity index (χ3n) is 4.92. The van der Waals surface area contributed by atoms with E-state index in [1.165, 1.54) is 0 Å². The Kier molecular flexibility index (Phi) is 4.14. The quantitative estimate of drug-likeness (QED) is 0.825. The lowest BCUT2D eigenvalue weighted by atomic mass is 10.0. The Hall–Kier alpha value is -1.81. The van der Waals surface area contributed by atoms with Crippen molar-refractivity contribution < 1.29 is 13.2 Å². The molecule has 8 nitrogen and oxygen atoms in total. The number of hydrogen-bond acceptors (Lipinski definition) is 6. The maximum Gasteiger partial charge on any atom is 0.235 e. The molecule has 1 N–H and O–H groups in total. The number of amides is 1. The van der Waals surface area contributed by atoms with E-state index < -0.39 is 9.84 Å². The van der Waals surface area contributed by atoms with Gasteiger partial charge in [0, 0.05) is 24.4 Å². The summed E-state index contributed by atoms with van der Waals surface area (Å²) in [6.07, 6.45) is 2.50. The zero-order valence-electron chi connectivity index (χ0n) is 14.9. The number of carbonyl (C=O) groups excluding carboxylic acids is 1. The van der Waals surface area contributed by atoms with Crippen molar-refractivity contribution >= 4 is 33.3 Å². The number of nitrogens with zero attached hydrogens (tertiary/aromatic N) is 4. The van der Waals surface area contributed by atoms with Crippen molar-refractivity contribution in [1.82, 2.24) is 19.6 Å².